The standard InChI is InChI=1S/C12H23F2NO/c1-4-15-10-6-8(2)5-9(3)12(10)16-7-11(13)14/h8-12,15H,4-7H2,1-3H3. The summed E-state index contributed by atoms with van der Waals surface area (Å²) in [5, 5.41) is 3.35. The van der Waals surface area contributed by atoms with Gasteiger partial charge in [0.15, 0.2) is 0 Å². The van der Waals surface area contributed by atoms with Gasteiger partial charge >= 0.3 is 0 Å². The monoisotopic (exact) mass is 235 g/mol. The Morgan fingerprint density at radius 3 is 2.56 bits per heavy atom. The Hall–Kier alpha value is -0.220. The number of hydrogen-bond acceptors (Lipinski definition) is 2. The minimum atomic E-state index is -2.37. The molecule has 0 aliphatic heterocycles. The normalized spacial score (nSPS) is 35.6. The van der Waals surface area contributed by atoms with E-state index in [1.165, 1.54) is 0 Å². The van der Waals surface area contributed by atoms with Crippen LogP contribution in [0.25, 0.3) is 0 Å². The van der Waals surface area contributed by atoms with Gasteiger partial charge in [-0.25, -0.2) is 8.78 Å². The van der Waals surface area contributed by atoms with Gasteiger partial charge in [-0.05, 0) is 31.2 Å². The number of rotatable bonds is 5. The molecule has 0 radical (unpaired) electrons. The van der Waals surface area contributed by atoms with Crippen molar-refractivity contribution >= 4 is 0 Å². The second-order valence-corrected chi connectivity index (χ2v) is 4.91. The third-order valence-corrected chi connectivity index (χ3v) is 3.27. The highest BCUT2D eigenvalue weighted by atomic mass is 19.3. The molecule has 16 heavy (non-hydrogen) atoms. The third kappa shape index (κ3) is 3.98. The van der Waals surface area contributed by atoms with Crippen LogP contribution in [-0.4, -0.2) is 31.7 Å². The fourth-order valence-corrected chi connectivity index (χ4v) is 2.76. The number of hydrogen-bond donors (Lipinski definition) is 1. The summed E-state index contributed by atoms with van der Waals surface area (Å²) >= 11 is 0. The Bertz CT molecular complexity index is 201. The first-order valence-corrected chi connectivity index (χ1v) is 6.17. The minimum absolute atomic E-state index is 0.0647. The van der Waals surface area contributed by atoms with Gasteiger partial charge in [-0.1, -0.05) is 20.8 Å². The van der Waals surface area contributed by atoms with Crippen LogP contribution in [0.3, 0.4) is 0 Å². The molecule has 1 rings (SSSR count). The van der Waals surface area contributed by atoms with Crippen LogP contribution in [0, 0.1) is 11.8 Å². The number of halogens is 2. The van der Waals surface area contributed by atoms with Crippen molar-refractivity contribution in [2.24, 2.45) is 11.8 Å². The van der Waals surface area contributed by atoms with Crippen molar-refractivity contribution in [2.45, 2.75) is 52.2 Å². The summed E-state index contributed by atoms with van der Waals surface area (Å²) in [4.78, 5) is 0. The molecule has 4 atom stereocenters. The molecule has 2 nitrogen and oxygen atoms in total. The summed E-state index contributed by atoms with van der Waals surface area (Å²) in [6.07, 6.45) is -0.346. The molecule has 0 aromatic carbocycles. The van der Waals surface area contributed by atoms with Crippen molar-refractivity contribution in [3.05, 3.63) is 0 Å². The van der Waals surface area contributed by atoms with Crippen LogP contribution >= 0.6 is 0 Å². The summed E-state index contributed by atoms with van der Waals surface area (Å²) < 4.78 is 29.7. The van der Waals surface area contributed by atoms with E-state index >= 15 is 0 Å². The summed E-state index contributed by atoms with van der Waals surface area (Å²) in [6.45, 7) is 6.76. The first-order valence-electron chi connectivity index (χ1n) is 6.17. The zero-order chi connectivity index (χ0) is 12.1. The Labute approximate surface area is 96.7 Å². The molecule has 1 aliphatic rings. The molecular weight excluding hydrogens is 212 g/mol. The van der Waals surface area contributed by atoms with Crippen molar-refractivity contribution in [1.29, 1.82) is 0 Å². The highest BCUT2D eigenvalue weighted by molar-refractivity contribution is 4.88. The number of likely N-dealkylation sites (N-methyl/N-ethyl adjacent to an activating group) is 1. The lowest BCUT2D eigenvalue weighted by atomic mass is 9.78. The van der Waals surface area contributed by atoms with Gasteiger partial charge in [0.1, 0.15) is 6.61 Å². The van der Waals surface area contributed by atoms with Gasteiger partial charge in [0.05, 0.1) is 6.10 Å². The van der Waals surface area contributed by atoms with Crippen molar-refractivity contribution in [3.8, 4) is 0 Å². The molecular formula is C12H23F2NO. The molecule has 0 aromatic rings. The van der Waals surface area contributed by atoms with E-state index in [9.17, 15) is 8.78 Å². The molecule has 1 N–H and O–H groups in total. The number of alkyl halides is 2. The number of ether oxygens (including phenoxy) is 1. The highest BCUT2D eigenvalue weighted by Crippen LogP contribution is 2.31. The van der Waals surface area contributed by atoms with E-state index in [4.69, 9.17) is 4.74 Å². The van der Waals surface area contributed by atoms with E-state index in [1.54, 1.807) is 0 Å². The summed E-state index contributed by atoms with van der Waals surface area (Å²) in [6, 6.07) is 0.225. The van der Waals surface area contributed by atoms with E-state index in [-0.39, 0.29) is 12.1 Å². The van der Waals surface area contributed by atoms with Gasteiger partial charge in [0.2, 0.25) is 0 Å². The van der Waals surface area contributed by atoms with Crippen LogP contribution in [0.1, 0.15) is 33.6 Å². The van der Waals surface area contributed by atoms with Crippen LogP contribution in [0.15, 0.2) is 0 Å². The maximum Gasteiger partial charge on any atom is 0.261 e. The van der Waals surface area contributed by atoms with Crippen molar-refractivity contribution < 1.29 is 13.5 Å². The maximum absolute atomic E-state index is 12.2. The second kappa shape index (κ2) is 6.50. The van der Waals surface area contributed by atoms with Gasteiger partial charge < -0.3 is 10.1 Å². The van der Waals surface area contributed by atoms with E-state index < -0.39 is 13.0 Å². The average molecular weight is 235 g/mol. The topological polar surface area (TPSA) is 21.3 Å². The van der Waals surface area contributed by atoms with Crippen molar-refractivity contribution in [3.63, 3.8) is 0 Å². The van der Waals surface area contributed by atoms with Crippen molar-refractivity contribution in [2.75, 3.05) is 13.2 Å². The first-order chi connectivity index (χ1) is 7.54. The van der Waals surface area contributed by atoms with E-state index in [2.05, 4.69) is 19.2 Å². The molecule has 4 heteroatoms. The summed E-state index contributed by atoms with van der Waals surface area (Å²) in [5.74, 6) is 0.997. The average Bonchev–Trinajstić information content (AvgIpc) is 2.16. The lowest BCUT2D eigenvalue weighted by molar-refractivity contribution is -0.0769. The molecule has 4 unspecified atom stereocenters. The lowest BCUT2D eigenvalue weighted by Crippen LogP contribution is -2.49. The van der Waals surface area contributed by atoms with E-state index in [0.717, 1.165) is 19.4 Å². The van der Waals surface area contributed by atoms with Crippen molar-refractivity contribution in [1.82, 2.24) is 5.32 Å². The van der Waals surface area contributed by atoms with Crippen LogP contribution in [0.4, 0.5) is 8.78 Å². The highest BCUT2D eigenvalue weighted by Gasteiger charge is 2.34. The quantitative estimate of drug-likeness (QED) is 0.791. The third-order valence-electron chi connectivity index (χ3n) is 3.27. The number of nitrogens with one attached hydrogen (secondary N) is 1. The van der Waals surface area contributed by atoms with Crippen LogP contribution < -0.4 is 5.32 Å². The largest absolute Gasteiger partial charge is 0.370 e. The zero-order valence-corrected chi connectivity index (χ0v) is 10.4. The molecule has 1 aliphatic carbocycles. The lowest BCUT2D eigenvalue weighted by Gasteiger charge is -2.39. The van der Waals surface area contributed by atoms with E-state index in [1.807, 2.05) is 6.92 Å². The SMILES string of the molecule is CCNC1CC(C)CC(C)C1OCC(F)F. The molecule has 1 fully saturated rings. The van der Waals surface area contributed by atoms with Gasteiger partial charge in [0, 0.05) is 6.04 Å². The van der Waals surface area contributed by atoms with Crippen LogP contribution in [0.2, 0.25) is 0 Å². The first kappa shape index (κ1) is 13.8. The molecule has 0 heterocycles. The molecule has 0 bridgehead atoms. The van der Waals surface area contributed by atoms with Gasteiger partial charge in [-0.15, -0.1) is 0 Å². The minimum Gasteiger partial charge on any atom is -0.370 e. The summed E-state index contributed by atoms with van der Waals surface area (Å²) in [7, 11) is 0. The Balaban J connectivity index is 2.53. The Morgan fingerprint density at radius 2 is 2.00 bits per heavy atom. The fraction of sp³-hybridized carbons (Fsp3) is 1.00. The molecule has 1 saturated carbocycles. The van der Waals surface area contributed by atoms with Gasteiger partial charge in [-0.2, -0.15) is 0 Å². The molecule has 96 valence electrons. The van der Waals surface area contributed by atoms with E-state index in [0.29, 0.717) is 11.8 Å². The molecule has 0 aromatic heterocycles. The smallest absolute Gasteiger partial charge is 0.261 e. The Kier molecular flexibility index (Phi) is 5.62. The fourth-order valence-electron chi connectivity index (χ4n) is 2.76. The second-order valence-electron chi connectivity index (χ2n) is 4.91. The maximum atomic E-state index is 12.2. The van der Waals surface area contributed by atoms with Crippen LogP contribution in [0.5, 0.6) is 0 Å². The Morgan fingerprint density at radius 1 is 1.31 bits per heavy atom. The van der Waals surface area contributed by atoms with Gasteiger partial charge in [-0.3, -0.25) is 0 Å². The van der Waals surface area contributed by atoms with Crippen LogP contribution in [-0.2, 0) is 4.74 Å². The molecule has 0 saturated heterocycles. The predicted molar refractivity (Wildman–Crippen MR) is 60.8 cm³/mol. The zero-order valence-electron chi connectivity index (χ0n) is 10.4. The summed E-state index contributed by atoms with van der Waals surface area (Å²) in [5.41, 5.74) is 0. The van der Waals surface area contributed by atoms with Gasteiger partial charge in [0.25, 0.3) is 6.43 Å². The molecule has 0 spiro atoms. The predicted octanol–water partition coefficient (Wildman–Crippen LogP) is 2.68. The molecule has 0 amide bonds.